The number of nitrogens with one attached hydrogen (secondary N) is 1. The molecule has 1 unspecified atom stereocenters. The number of hydrogen-bond acceptors (Lipinski definition) is 6. The lowest BCUT2D eigenvalue weighted by molar-refractivity contribution is 0.344. The van der Waals surface area contributed by atoms with Crippen molar-refractivity contribution in [2.45, 2.75) is 20.3 Å². The number of nitrogens with zero attached hydrogens (tertiary/aromatic N) is 3. The first-order valence-corrected chi connectivity index (χ1v) is 9.31. The van der Waals surface area contributed by atoms with E-state index in [0.717, 1.165) is 10.1 Å². The Morgan fingerprint density at radius 2 is 1.96 bits per heavy atom. The summed E-state index contributed by atoms with van der Waals surface area (Å²) in [6.07, 6.45) is 3.71. The van der Waals surface area contributed by atoms with Crippen LogP contribution in [0.5, 0.6) is 0 Å². The van der Waals surface area contributed by atoms with E-state index in [4.69, 9.17) is 24.4 Å². The summed E-state index contributed by atoms with van der Waals surface area (Å²) in [5.74, 6) is -0.331. The Hall–Kier alpha value is -2.59. The zero-order valence-electron chi connectivity index (χ0n) is 15.8. The minimum atomic E-state index is -0.751. The van der Waals surface area contributed by atoms with Crippen molar-refractivity contribution < 1.29 is 10.2 Å². The highest BCUT2D eigenvalue weighted by atomic mass is 32.1. The van der Waals surface area contributed by atoms with Crippen LogP contribution in [0.3, 0.4) is 0 Å². The summed E-state index contributed by atoms with van der Waals surface area (Å²) in [5, 5.41) is 19.2. The Morgan fingerprint density at radius 1 is 1.32 bits per heavy atom. The van der Waals surface area contributed by atoms with Gasteiger partial charge in [-0.1, -0.05) is 12.5 Å². The van der Waals surface area contributed by atoms with Gasteiger partial charge in [-0.3, -0.25) is 14.3 Å². The van der Waals surface area contributed by atoms with Crippen molar-refractivity contribution in [3.8, 4) is 0 Å². The molecule has 3 rings (SSSR count). The van der Waals surface area contributed by atoms with E-state index in [1.54, 1.807) is 11.9 Å². The van der Waals surface area contributed by atoms with Gasteiger partial charge in [0, 0.05) is 31.8 Å². The summed E-state index contributed by atoms with van der Waals surface area (Å²) in [7, 11) is 3.10. The molecular weight excluding hydrogens is 400 g/mol. The van der Waals surface area contributed by atoms with E-state index in [1.165, 1.54) is 7.05 Å². The zero-order valence-corrected chi connectivity index (χ0v) is 17.4. The first kappa shape index (κ1) is 20.2. The molecule has 2 aliphatic rings. The van der Waals surface area contributed by atoms with Crippen molar-refractivity contribution in [3.05, 3.63) is 44.3 Å². The zero-order chi connectivity index (χ0) is 21.0. The summed E-state index contributed by atoms with van der Waals surface area (Å²) in [5.41, 5.74) is 0.411. The van der Waals surface area contributed by atoms with Crippen LogP contribution in [0.4, 0.5) is 11.5 Å². The van der Waals surface area contributed by atoms with E-state index in [2.05, 4.69) is 9.98 Å². The third kappa shape index (κ3) is 3.02. The fourth-order valence-electron chi connectivity index (χ4n) is 3.55. The number of aliphatic imine (C=N–C) groups is 1. The fraction of sp³-hybridized carbons (Fsp3) is 0.389. The topological polar surface area (TPSA) is 111 Å². The molecule has 10 heteroatoms. The van der Waals surface area contributed by atoms with Crippen LogP contribution in [0.1, 0.15) is 20.3 Å². The quantitative estimate of drug-likeness (QED) is 0.641. The normalized spacial score (nSPS) is 21.7. The van der Waals surface area contributed by atoms with E-state index < -0.39 is 22.6 Å². The lowest BCUT2D eigenvalue weighted by atomic mass is 9.67. The number of anilines is 1. The molecule has 1 aromatic rings. The maximum atomic E-state index is 12.5. The van der Waals surface area contributed by atoms with Gasteiger partial charge in [0.2, 0.25) is 0 Å². The first-order chi connectivity index (χ1) is 13.0. The van der Waals surface area contributed by atoms with Crippen LogP contribution < -0.4 is 16.1 Å². The average molecular weight is 421 g/mol. The van der Waals surface area contributed by atoms with E-state index >= 15 is 0 Å². The van der Waals surface area contributed by atoms with Gasteiger partial charge in [-0.2, -0.15) is 0 Å². The molecule has 2 heterocycles. The highest BCUT2D eigenvalue weighted by Crippen LogP contribution is 2.45. The molecule has 0 saturated carbocycles. The molecular formula is C18H20N4O4S2. The number of thiocarbonyl (C=S) groups is 2. The van der Waals surface area contributed by atoms with Crippen LogP contribution in [-0.2, 0) is 7.05 Å². The number of rotatable bonds is 4. The van der Waals surface area contributed by atoms with E-state index in [1.807, 2.05) is 26.0 Å². The lowest BCUT2D eigenvalue weighted by Crippen LogP contribution is -2.42. The van der Waals surface area contributed by atoms with Crippen molar-refractivity contribution in [2.24, 2.45) is 23.4 Å². The van der Waals surface area contributed by atoms with Crippen LogP contribution in [0, 0.1) is 11.3 Å². The summed E-state index contributed by atoms with van der Waals surface area (Å²) in [4.78, 5) is 33.3. The SMILES string of the molecule is CC1=CC2=Nc3c([nH]c(=O)n(C)c3=O)N(C)C2=C[C@@]1(C)C(CC(O)=S)C(O)=S. The number of aliphatic hydroxyl groups excluding tert-OH is 2. The van der Waals surface area contributed by atoms with Crippen molar-refractivity contribution in [1.29, 1.82) is 0 Å². The third-order valence-corrected chi connectivity index (χ3v) is 5.94. The lowest BCUT2D eigenvalue weighted by Gasteiger charge is -2.40. The van der Waals surface area contributed by atoms with Crippen LogP contribution in [0.15, 0.2) is 38.0 Å². The van der Waals surface area contributed by atoms with Gasteiger partial charge in [-0.15, -0.1) is 0 Å². The molecule has 1 aliphatic carbocycles. The molecule has 0 radical (unpaired) electrons. The molecule has 0 fully saturated rings. The summed E-state index contributed by atoms with van der Waals surface area (Å²) in [6.45, 7) is 3.74. The van der Waals surface area contributed by atoms with Gasteiger partial charge >= 0.3 is 5.69 Å². The van der Waals surface area contributed by atoms with Crippen LogP contribution in [0.2, 0.25) is 0 Å². The number of allylic oxidation sites excluding steroid dienone is 3. The predicted molar refractivity (Wildman–Crippen MR) is 116 cm³/mol. The van der Waals surface area contributed by atoms with Crippen molar-refractivity contribution in [3.63, 3.8) is 0 Å². The summed E-state index contributed by atoms with van der Waals surface area (Å²) < 4.78 is 0.970. The standard InChI is InChI=1S/C18H20N4O4S2/c1-8-5-10-11(7-18(8,2)9(16(25)28)6-12(23)27)21(3)14-13(19-10)15(24)22(4)17(26)20-14/h5,7,9H,6H2,1-4H3,(H,20,26)(H,23,27)(H,25,28)/t9?,18-/m1/s1. The molecule has 1 aliphatic heterocycles. The van der Waals surface area contributed by atoms with Gasteiger partial charge in [0.05, 0.1) is 11.4 Å². The largest absolute Gasteiger partial charge is 0.502 e. The van der Waals surface area contributed by atoms with Gasteiger partial charge < -0.3 is 15.1 Å². The smallest absolute Gasteiger partial charge is 0.329 e. The highest BCUT2D eigenvalue weighted by Gasteiger charge is 2.42. The summed E-state index contributed by atoms with van der Waals surface area (Å²) in [6, 6.07) is 0. The predicted octanol–water partition coefficient (Wildman–Crippen LogP) is 2.22. The second kappa shape index (κ2) is 6.78. The average Bonchev–Trinajstić information content (AvgIpc) is 2.61. The van der Waals surface area contributed by atoms with E-state index in [-0.39, 0.29) is 22.2 Å². The molecule has 2 atom stereocenters. The molecule has 3 N–H and O–H groups in total. The number of fused-ring (bicyclic) bond motifs is 2. The van der Waals surface area contributed by atoms with Gasteiger partial charge in [0.1, 0.15) is 5.82 Å². The van der Waals surface area contributed by atoms with Crippen molar-refractivity contribution in [1.82, 2.24) is 9.55 Å². The van der Waals surface area contributed by atoms with Crippen LogP contribution in [0.25, 0.3) is 0 Å². The highest BCUT2D eigenvalue weighted by molar-refractivity contribution is 7.80. The molecule has 148 valence electrons. The van der Waals surface area contributed by atoms with E-state index in [9.17, 15) is 19.8 Å². The van der Waals surface area contributed by atoms with Crippen LogP contribution >= 0.6 is 24.4 Å². The Labute approximate surface area is 171 Å². The number of aliphatic hydroxyl groups is 2. The number of hydrogen-bond donors (Lipinski definition) is 3. The Balaban J connectivity index is 2.22. The van der Waals surface area contributed by atoms with Gasteiger partial charge in [-0.25, -0.2) is 9.79 Å². The minimum Gasteiger partial charge on any atom is -0.502 e. The Kier molecular flexibility index (Phi) is 4.88. The van der Waals surface area contributed by atoms with Crippen molar-refractivity contribution in [2.75, 3.05) is 11.9 Å². The third-order valence-electron chi connectivity index (χ3n) is 5.49. The second-order valence-corrected chi connectivity index (χ2v) is 8.07. The minimum absolute atomic E-state index is 0.0281. The molecule has 0 bridgehead atoms. The fourth-order valence-corrected chi connectivity index (χ4v) is 4.05. The van der Waals surface area contributed by atoms with E-state index in [0.29, 0.717) is 17.2 Å². The first-order valence-electron chi connectivity index (χ1n) is 8.49. The molecule has 0 saturated heterocycles. The maximum Gasteiger partial charge on any atom is 0.329 e. The number of H-pyrrole nitrogens is 1. The molecule has 0 aromatic carbocycles. The van der Waals surface area contributed by atoms with Crippen molar-refractivity contribution >= 4 is 51.8 Å². The van der Waals surface area contributed by atoms with Gasteiger partial charge in [0.15, 0.2) is 15.8 Å². The van der Waals surface area contributed by atoms with Crippen LogP contribution in [-0.4, -0.2) is 42.6 Å². The maximum absolute atomic E-state index is 12.5. The second-order valence-electron chi connectivity index (χ2n) is 7.18. The number of aromatic amines is 1. The Morgan fingerprint density at radius 3 is 2.54 bits per heavy atom. The molecule has 8 nitrogen and oxygen atoms in total. The Bertz CT molecular complexity index is 1110. The summed E-state index contributed by atoms with van der Waals surface area (Å²) >= 11 is 9.84. The molecule has 0 amide bonds. The van der Waals surface area contributed by atoms with Gasteiger partial charge in [0.25, 0.3) is 5.56 Å². The van der Waals surface area contributed by atoms with Gasteiger partial charge in [-0.05, 0) is 43.5 Å². The molecule has 28 heavy (non-hydrogen) atoms. The molecule has 1 aromatic heterocycles. The monoisotopic (exact) mass is 420 g/mol. The number of aromatic nitrogens is 2. The molecule has 0 spiro atoms.